The van der Waals surface area contributed by atoms with E-state index in [-0.39, 0.29) is 13.5 Å². The lowest BCUT2D eigenvalue weighted by Crippen LogP contribution is -1.76. The van der Waals surface area contributed by atoms with Crippen molar-refractivity contribution in [2.75, 3.05) is 0 Å². The van der Waals surface area contributed by atoms with Crippen molar-refractivity contribution in [3.63, 3.8) is 0 Å². The maximum Gasteiger partial charge on any atom is 0.762 e. The molecule has 0 aliphatic heterocycles. The van der Waals surface area contributed by atoms with Crippen molar-refractivity contribution in [2.45, 2.75) is 0 Å². The monoisotopic (exact) mass is 256 g/mol. The van der Waals surface area contributed by atoms with Crippen LogP contribution in [0.5, 0.6) is 0 Å². The van der Waals surface area contributed by atoms with Gasteiger partial charge in [-0.2, -0.15) is 13.5 Å². The highest BCUT2D eigenvalue weighted by Crippen LogP contribution is 2.17. The van der Waals surface area contributed by atoms with Crippen LogP contribution in [0.1, 0.15) is 0 Å². The summed E-state index contributed by atoms with van der Waals surface area (Å²) in [6, 6.07) is 20.8. The van der Waals surface area contributed by atoms with Gasteiger partial charge in [0.1, 0.15) is 0 Å². The molecule has 90 valence electrons. The van der Waals surface area contributed by atoms with Crippen LogP contribution in [0.25, 0.3) is 11.1 Å². The molecule has 0 bridgehead atoms. The summed E-state index contributed by atoms with van der Waals surface area (Å²) in [6.45, 7) is 0. The average molecular weight is 256 g/mol. The first-order chi connectivity index (χ1) is 7.70. The standard InChI is InChI=1S/C12H10.BF3.H2S/c1-3-7-11(8-4-1)12-9-5-2-6-10-12;2-1(3)4;/h1-10H;;1H2. The summed E-state index contributed by atoms with van der Waals surface area (Å²) in [5.74, 6) is 0. The third-order valence-electron chi connectivity index (χ3n) is 1.88. The topological polar surface area (TPSA) is 0 Å². The molecule has 0 amide bonds. The van der Waals surface area contributed by atoms with Crippen LogP contribution in [0.2, 0.25) is 0 Å². The molecule has 17 heavy (non-hydrogen) atoms. The summed E-state index contributed by atoms with van der Waals surface area (Å²) < 4.78 is 29.0. The quantitative estimate of drug-likeness (QED) is 0.665. The van der Waals surface area contributed by atoms with E-state index in [1.54, 1.807) is 0 Å². The van der Waals surface area contributed by atoms with E-state index in [2.05, 4.69) is 48.5 Å². The molecule has 0 aromatic heterocycles. The van der Waals surface area contributed by atoms with Crippen LogP contribution in [0, 0.1) is 0 Å². The van der Waals surface area contributed by atoms with Crippen LogP contribution in [0.4, 0.5) is 12.9 Å². The van der Waals surface area contributed by atoms with Gasteiger partial charge in [0.25, 0.3) is 0 Å². The number of halogens is 3. The van der Waals surface area contributed by atoms with Crippen molar-refractivity contribution < 1.29 is 12.9 Å². The number of hydrogen-bond donors (Lipinski definition) is 0. The van der Waals surface area contributed by atoms with Crippen LogP contribution in [-0.4, -0.2) is 7.54 Å². The van der Waals surface area contributed by atoms with E-state index >= 15 is 0 Å². The van der Waals surface area contributed by atoms with Gasteiger partial charge in [-0.15, -0.1) is 0 Å². The highest BCUT2D eigenvalue weighted by molar-refractivity contribution is 7.59. The molecule has 0 heterocycles. The lowest BCUT2D eigenvalue weighted by Gasteiger charge is -1.98. The minimum Gasteiger partial charge on any atom is -0.254 e. The Kier molecular flexibility index (Phi) is 8.06. The summed E-state index contributed by atoms with van der Waals surface area (Å²) in [6.07, 6.45) is 0. The molecule has 0 nitrogen and oxygen atoms in total. The third-order valence-corrected chi connectivity index (χ3v) is 1.88. The van der Waals surface area contributed by atoms with Crippen molar-refractivity contribution in [3.8, 4) is 11.1 Å². The van der Waals surface area contributed by atoms with Crippen molar-refractivity contribution >= 4 is 21.0 Å². The molecule has 0 N–H and O–H groups in total. The first-order valence-corrected chi connectivity index (χ1v) is 4.73. The fourth-order valence-corrected chi connectivity index (χ4v) is 1.26. The molecule has 0 fully saturated rings. The fourth-order valence-electron chi connectivity index (χ4n) is 1.26. The summed E-state index contributed by atoms with van der Waals surface area (Å²) in [5, 5.41) is 0. The Bertz CT molecular complexity index is 355. The maximum atomic E-state index is 9.67. The molecular weight excluding hydrogens is 244 g/mol. The SMILES string of the molecule is FB(F)F.S.c1ccc(-c2ccccc2)cc1. The van der Waals surface area contributed by atoms with E-state index in [9.17, 15) is 12.9 Å². The molecule has 2 aromatic rings. The van der Waals surface area contributed by atoms with Gasteiger partial charge in [0, 0.05) is 0 Å². The largest absolute Gasteiger partial charge is 0.762 e. The normalized spacial score (nSPS) is 8.41. The molecule has 0 spiro atoms. The predicted octanol–water partition coefficient (Wildman–Crippen LogP) is 4.35. The van der Waals surface area contributed by atoms with Crippen LogP contribution < -0.4 is 0 Å². The second-order valence-electron chi connectivity index (χ2n) is 2.98. The fraction of sp³-hybridized carbons (Fsp3) is 0. The first-order valence-electron chi connectivity index (χ1n) is 4.73. The molecular formula is C12H12BF3S. The molecule has 2 rings (SSSR count). The Morgan fingerprint density at radius 3 is 1.06 bits per heavy atom. The number of hydrogen-bond acceptors (Lipinski definition) is 0. The minimum absolute atomic E-state index is 0. The van der Waals surface area contributed by atoms with Gasteiger partial charge >= 0.3 is 7.54 Å². The second-order valence-corrected chi connectivity index (χ2v) is 2.98. The smallest absolute Gasteiger partial charge is 0.254 e. The van der Waals surface area contributed by atoms with E-state index in [1.165, 1.54) is 11.1 Å². The Morgan fingerprint density at radius 1 is 0.588 bits per heavy atom. The van der Waals surface area contributed by atoms with Gasteiger partial charge in [-0.1, -0.05) is 60.7 Å². The molecule has 0 aliphatic carbocycles. The summed E-state index contributed by atoms with van der Waals surface area (Å²) >= 11 is 0. The van der Waals surface area contributed by atoms with Gasteiger partial charge < -0.3 is 0 Å². The Labute approximate surface area is 106 Å². The molecule has 0 aliphatic rings. The summed E-state index contributed by atoms with van der Waals surface area (Å²) in [5.41, 5.74) is 2.55. The van der Waals surface area contributed by atoms with Crippen molar-refractivity contribution in [1.82, 2.24) is 0 Å². The Balaban J connectivity index is 0.000000453. The predicted molar refractivity (Wildman–Crippen MR) is 71.3 cm³/mol. The Morgan fingerprint density at radius 2 is 0.824 bits per heavy atom. The van der Waals surface area contributed by atoms with E-state index in [1.807, 2.05) is 12.1 Å². The molecule has 5 heteroatoms. The molecule has 0 saturated carbocycles. The van der Waals surface area contributed by atoms with Crippen molar-refractivity contribution in [1.29, 1.82) is 0 Å². The van der Waals surface area contributed by atoms with Gasteiger partial charge in [-0.3, -0.25) is 12.9 Å². The molecule has 0 unspecified atom stereocenters. The van der Waals surface area contributed by atoms with Crippen LogP contribution in [0.15, 0.2) is 60.7 Å². The van der Waals surface area contributed by atoms with Gasteiger partial charge in [0.15, 0.2) is 0 Å². The van der Waals surface area contributed by atoms with E-state index in [0.29, 0.717) is 0 Å². The zero-order chi connectivity index (χ0) is 11.8. The minimum atomic E-state index is -3.67. The lowest BCUT2D eigenvalue weighted by molar-refractivity contribution is 0.535. The first kappa shape index (κ1) is 15.6. The maximum absolute atomic E-state index is 9.67. The molecule has 0 radical (unpaired) electrons. The average Bonchev–Trinajstić information content (AvgIpc) is 2.31. The highest BCUT2D eigenvalue weighted by Gasteiger charge is 2.06. The second kappa shape index (κ2) is 8.76. The third kappa shape index (κ3) is 6.74. The van der Waals surface area contributed by atoms with Crippen LogP contribution >= 0.6 is 13.5 Å². The summed E-state index contributed by atoms with van der Waals surface area (Å²) in [7, 11) is -3.67. The lowest BCUT2D eigenvalue weighted by atomic mass is 10.1. The molecule has 2 aromatic carbocycles. The number of benzene rings is 2. The van der Waals surface area contributed by atoms with E-state index in [4.69, 9.17) is 0 Å². The summed E-state index contributed by atoms with van der Waals surface area (Å²) in [4.78, 5) is 0. The van der Waals surface area contributed by atoms with Crippen LogP contribution in [0.3, 0.4) is 0 Å². The van der Waals surface area contributed by atoms with Gasteiger partial charge in [-0.05, 0) is 11.1 Å². The van der Waals surface area contributed by atoms with Gasteiger partial charge in [0.05, 0.1) is 0 Å². The van der Waals surface area contributed by atoms with Crippen molar-refractivity contribution in [3.05, 3.63) is 60.7 Å². The zero-order valence-corrected chi connectivity index (χ0v) is 9.98. The highest BCUT2D eigenvalue weighted by atomic mass is 32.1. The van der Waals surface area contributed by atoms with E-state index < -0.39 is 7.54 Å². The molecule has 0 saturated heterocycles. The van der Waals surface area contributed by atoms with Gasteiger partial charge in [0.2, 0.25) is 0 Å². The number of rotatable bonds is 1. The molecule has 0 atom stereocenters. The van der Waals surface area contributed by atoms with Gasteiger partial charge in [-0.25, -0.2) is 0 Å². The van der Waals surface area contributed by atoms with Crippen LogP contribution in [-0.2, 0) is 0 Å². The van der Waals surface area contributed by atoms with E-state index in [0.717, 1.165) is 0 Å². The Hall–Kier alpha value is -1.36. The van der Waals surface area contributed by atoms with Crippen molar-refractivity contribution in [2.24, 2.45) is 0 Å². The zero-order valence-electron chi connectivity index (χ0n) is 8.98.